The summed E-state index contributed by atoms with van der Waals surface area (Å²) in [5, 5.41) is 4.48. The first kappa shape index (κ1) is 13.7. The van der Waals surface area contributed by atoms with Gasteiger partial charge in [-0.3, -0.25) is 0 Å². The quantitative estimate of drug-likeness (QED) is 0.873. The van der Waals surface area contributed by atoms with Crippen LogP contribution in [0.15, 0.2) is 24.3 Å². The highest BCUT2D eigenvalue weighted by Crippen LogP contribution is 2.28. The monoisotopic (exact) mass is 258 g/mol. The lowest BCUT2D eigenvalue weighted by molar-refractivity contribution is 0.340. The molecule has 0 saturated carbocycles. The number of fused-ring (bicyclic) bond motifs is 1. The van der Waals surface area contributed by atoms with Gasteiger partial charge in [-0.05, 0) is 49.6 Å². The molecule has 3 heteroatoms. The van der Waals surface area contributed by atoms with E-state index in [1.807, 2.05) is 19.1 Å². The van der Waals surface area contributed by atoms with Crippen molar-refractivity contribution in [2.75, 3.05) is 18.5 Å². The molecule has 0 aliphatic heterocycles. The van der Waals surface area contributed by atoms with Gasteiger partial charge in [-0.2, -0.15) is 0 Å². The van der Waals surface area contributed by atoms with Gasteiger partial charge in [0.1, 0.15) is 11.6 Å². The minimum atomic E-state index is 0.446. The molecule has 0 unspecified atom stereocenters. The number of aromatic nitrogens is 1. The zero-order chi connectivity index (χ0) is 13.8. The Bertz CT molecular complexity index is 564. The highest BCUT2D eigenvalue weighted by molar-refractivity contribution is 5.83. The van der Waals surface area contributed by atoms with E-state index < -0.39 is 0 Å². The highest BCUT2D eigenvalue weighted by atomic mass is 16.5. The second kappa shape index (κ2) is 5.91. The molecule has 1 aromatic carbocycles. The predicted molar refractivity (Wildman–Crippen MR) is 81.2 cm³/mol. The fourth-order valence-electron chi connectivity index (χ4n) is 2.18. The minimum Gasteiger partial charge on any atom is -0.494 e. The van der Waals surface area contributed by atoms with Gasteiger partial charge in [-0.15, -0.1) is 0 Å². The third kappa shape index (κ3) is 2.98. The molecule has 0 amide bonds. The van der Waals surface area contributed by atoms with Crippen molar-refractivity contribution < 1.29 is 4.74 Å². The van der Waals surface area contributed by atoms with Crippen molar-refractivity contribution in [2.45, 2.75) is 33.6 Å². The number of benzene rings is 1. The van der Waals surface area contributed by atoms with Crippen LogP contribution in [0.4, 0.5) is 5.82 Å². The second-order valence-electron chi connectivity index (χ2n) is 4.90. The van der Waals surface area contributed by atoms with E-state index in [1.165, 1.54) is 5.56 Å². The Kier molecular flexibility index (Phi) is 4.25. The van der Waals surface area contributed by atoms with Crippen molar-refractivity contribution in [1.82, 2.24) is 4.98 Å². The van der Waals surface area contributed by atoms with E-state index in [-0.39, 0.29) is 0 Å². The molecule has 2 rings (SSSR count). The molecule has 19 heavy (non-hydrogen) atoms. The number of hydrogen-bond donors (Lipinski definition) is 1. The number of nitrogens with zero attached hydrogens (tertiary/aromatic N) is 1. The van der Waals surface area contributed by atoms with Crippen LogP contribution in [0.3, 0.4) is 0 Å². The van der Waals surface area contributed by atoms with E-state index in [9.17, 15) is 0 Å². The third-order valence-corrected chi connectivity index (χ3v) is 3.09. The van der Waals surface area contributed by atoms with Crippen LogP contribution in [0.25, 0.3) is 10.9 Å². The van der Waals surface area contributed by atoms with Crippen LogP contribution in [0.2, 0.25) is 0 Å². The van der Waals surface area contributed by atoms with Crippen LogP contribution in [-0.4, -0.2) is 18.1 Å². The van der Waals surface area contributed by atoms with Crippen molar-refractivity contribution >= 4 is 16.7 Å². The molecule has 0 radical (unpaired) electrons. The fourth-order valence-corrected chi connectivity index (χ4v) is 2.18. The minimum absolute atomic E-state index is 0.446. The predicted octanol–water partition coefficient (Wildman–Crippen LogP) is 4.19. The normalized spacial score (nSPS) is 11.0. The van der Waals surface area contributed by atoms with E-state index in [1.54, 1.807) is 0 Å². The number of rotatable bonds is 5. The maximum Gasteiger partial charge on any atom is 0.130 e. The summed E-state index contributed by atoms with van der Waals surface area (Å²) in [6.45, 7) is 10.0. The molecule has 3 nitrogen and oxygen atoms in total. The van der Waals surface area contributed by atoms with Gasteiger partial charge in [0.25, 0.3) is 0 Å². The molecule has 0 aliphatic carbocycles. The number of pyridine rings is 1. The number of anilines is 1. The first-order chi connectivity index (χ1) is 9.15. The van der Waals surface area contributed by atoms with Gasteiger partial charge in [0.15, 0.2) is 0 Å². The Morgan fingerprint density at radius 1 is 1.21 bits per heavy atom. The van der Waals surface area contributed by atoms with E-state index in [2.05, 4.69) is 38.2 Å². The number of nitrogens with one attached hydrogen (secondary N) is 1. The van der Waals surface area contributed by atoms with E-state index in [4.69, 9.17) is 9.72 Å². The Morgan fingerprint density at radius 3 is 2.63 bits per heavy atom. The summed E-state index contributed by atoms with van der Waals surface area (Å²) in [6, 6.07) is 8.27. The number of hydrogen-bond acceptors (Lipinski definition) is 3. The maximum atomic E-state index is 5.55. The van der Waals surface area contributed by atoms with Crippen molar-refractivity contribution in [1.29, 1.82) is 0 Å². The summed E-state index contributed by atoms with van der Waals surface area (Å²) in [4.78, 5) is 4.72. The first-order valence-electron chi connectivity index (χ1n) is 6.97. The molecular weight excluding hydrogens is 236 g/mol. The summed E-state index contributed by atoms with van der Waals surface area (Å²) in [5.41, 5.74) is 2.26. The molecule has 0 saturated heterocycles. The van der Waals surface area contributed by atoms with E-state index in [0.717, 1.165) is 29.0 Å². The molecular formula is C16H22N2O. The zero-order valence-corrected chi connectivity index (χ0v) is 12.2. The van der Waals surface area contributed by atoms with E-state index in [0.29, 0.717) is 12.5 Å². The van der Waals surface area contributed by atoms with Gasteiger partial charge in [-0.1, -0.05) is 13.8 Å². The lowest BCUT2D eigenvalue weighted by Gasteiger charge is -2.14. The van der Waals surface area contributed by atoms with Gasteiger partial charge in [0, 0.05) is 11.9 Å². The van der Waals surface area contributed by atoms with Crippen molar-refractivity contribution in [3.05, 3.63) is 29.8 Å². The van der Waals surface area contributed by atoms with Crippen LogP contribution in [0, 0.1) is 0 Å². The topological polar surface area (TPSA) is 34.2 Å². The van der Waals surface area contributed by atoms with Crippen LogP contribution in [0.1, 0.15) is 39.2 Å². The van der Waals surface area contributed by atoms with Gasteiger partial charge < -0.3 is 10.1 Å². The molecule has 2 aromatic rings. The second-order valence-corrected chi connectivity index (χ2v) is 4.90. The molecule has 0 atom stereocenters. The molecule has 1 aromatic heterocycles. The average Bonchev–Trinajstić information content (AvgIpc) is 2.38. The third-order valence-electron chi connectivity index (χ3n) is 3.09. The van der Waals surface area contributed by atoms with Crippen LogP contribution in [-0.2, 0) is 0 Å². The summed E-state index contributed by atoms with van der Waals surface area (Å²) < 4.78 is 5.55. The van der Waals surface area contributed by atoms with Crippen LogP contribution >= 0.6 is 0 Å². The Hall–Kier alpha value is -1.77. The van der Waals surface area contributed by atoms with Crippen LogP contribution in [0.5, 0.6) is 5.75 Å². The van der Waals surface area contributed by atoms with Crippen molar-refractivity contribution in [3.63, 3.8) is 0 Å². The largest absolute Gasteiger partial charge is 0.494 e. The zero-order valence-electron chi connectivity index (χ0n) is 12.2. The van der Waals surface area contributed by atoms with Crippen LogP contribution < -0.4 is 10.1 Å². The van der Waals surface area contributed by atoms with E-state index >= 15 is 0 Å². The maximum absolute atomic E-state index is 5.55. The highest BCUT2D eigenvalue weighted by Gasteiger charge is 2.10. The summed E-state index contributed by atoms with van der Waals surface area (Å²) in [6.07, 6.45) is 0. The summed E-state index contributed by atoms with van der Waals surface area (Å²) >= 11 is 0. The van der Waals surface area contributed by atoms with Crippen molar-refractivity contribution in [3.8, 4) is 5.75 Å². The number of ether oxygens (including phenoxy) is 1. The summed E-state index contributed by atoms with van der Waals surface area (Å²) in [7, 11) is 0. The molecule has 102 valence electrons. The smallest absolute Gasteiger partial charge is 0.130 e. The molecule has 0 aliphatic rings. The van der Waals surface area contributed by atoms with Gasteiger partial charge in [0.2, 0.25) is 0 Å². The molecule has 1 heterocycles. The lowest BCUT2D eigenvalue weighted by atomic mass is 10.0. The van der Waals surface area contributed by atoms with Gasteiger partial charge in [0.05, 0.1) is 12.1 Å². The van der Waals surface area contributed by atoms with Gasteiger partial charge in [-0.25, -0.2) is 4.98 Å². The summed E-state index contributed by atoms with van der Waals surface area (Å²) in [5.74, 6) is 2.35. The molecule has 0 fully saturated rings. The first-order valence-corrected chi connectivity index (χ1v) is 6.97. The van der Waals surface area contributed by atoms with Gasteiger partial charge >= 0.3 is 0 Å². The Labute approximate surface area is 115 Å². The molecule has 1 N–H and O–H groups in total. The standard InChI is InChI=1S/C16H22N2O/c1-5-17-16-14(11(3)4)10-12-9-13(19-6-2)7-8-15(12)18-16/h7-11H,5-6H2,1-4H3,(H,17,18). The average molecular weight is 258 g/mol. The lowest BCUT2D eigenvalue weighted by Crippen LogP contribution is -2.05. The molecule has 0 spiro atoms. The Balaban J connectivity index is 2.53. The fraction of sp³-hybridized carbons (Fsp3) is 0.438. The van der Waals surface area contributed by atoms with Crippen molar-refractivity contribution in [2.24, 2.45) is 0 Å². The SMILES string of the molecule is CCNc1nc2ccc(OCC)cc2cc1C(C)C. The molecule has 0 bridgehead atoms. The Morgan fingerprint density at radius 2 is 2.00 bits per heavy atom.